The van der Waals surface area contributed by atoms with Gasteiger partial charge in [-0.1, -0.05) is 18.2 Å². The summed E-state index contributed by atoms with van der Waals surface area (Å²) in [5.41, 5.74) is 0.753. The molecule has 1 aliphatic rings. The van der Waals surface area contributed by atoms with E-state index >= 15 is 0 Å². The summed E-state index contributed by atoms with van der Waals surface area (Å²) in [7, 11) is -1.93. The normalized spacial score (nSPS) is 19.4. The van der Waals surface area contributed by atoms with E-state index in [2.05, 4.69) is 0 Å². The Morgan fingerprint density at radius 2 is 1.85 bits per heavy atom. The van der Waals surface area contributed by atoms with Crippen molar-refractivity contribution < 1.29 is 22.7 Å². The molecular formula is C18H19FN2O4S. The molecule has 1 fully saturated rings. The van der Waals surface area contributed by atoms with Crippen molar-refractivity contribution in [2.45, 2.75) is 10.9 Å². The smallest absolute Gasteiger partial charge is 0.335 e. The molecule has 0 aliphatic carbocycles. The van der Waals surface area contributed by atoms with E-state index in [-0.39, 0.29) is 28.9 Å². The molecule has 1 aliphatic heterocycles. The van der Waals surface area contributed by atoms with Crippen LogP contribution in [0.25, 0.3) is 0 Å². The number of halogens is 1. The molecule has 0 amide bonds. The lowest BCUT2D eigenvalue weighted by molar-refractivity contribution is 0.0696. The second-order valence-corrected chi connectivity index (χ2v) is 8.18. The van der Waals surface area contributed by atoms with Gasteiger partial charge in [-0.2, -0.15) is 4.31 Å². The first-order valence-electron chi connectivity index (χ1n) is 8.08. The van der Waals surface area contributed by atoms with Crippen LogP contribution in [0.15, 0.2) is 53.4 Å². The van der Waals surface area contributed by atoms with Gasteiger partial charge < -0.3 is 5.11 Å². The Hall–Kier alpha value is -2.29. The lowest BCUT2D eigenvalue weighted by Crippen LogP contribution is -2.48. The van der Waals surface area contributed by atoms with Crippen LogP contribution in [0.1, 0.15) is 22.0 Å². The quantitative estimate of drug-likeness (QED) is 0.883. The van der Waals surface area contributed by atoms with Crippen molar-refractivity contribution in [3.63, 3.8) is 0 Å². The lowest BCUT2D eigenvalue weighted by Gasteiger charge is -2.39. The van der Waals surface area contributed by atoms with Gasteiger partial charge in [0, 0.05) is 25.7 Å². The number of sulfonamides is 1. The van der Waals surface area contributed by atoms with Crippen LogP contribution in [-0.2, 0) is 10.0 Å². The average Bonchev–Trinajstić information content (AvgIpc) is 2.63. The third-order valence-corrected chi connectivity index (χ3v) is 6.45. The molecule has 6 nitrogen and oxygen atoms in total. The van der Waals surface area contributed by atoms with Gasteiger partial charge in [-0.15, -0.1) is 0 Å². The minimum atomic E-state index is -3.82. The number of carbonyl (C=O) groups is 1. The van der Waals surface area contributed by atoms with Crippen molar-refractivity contribution in [1.29, 1.82) is 0 Å². The summed E-state index contributed by atoms with van der Waals surface area (Å²) in [6.07, 6.45) is 0. The van der Waals surface area contributed by atoms with Crippen LogP contribution in [0.4, 0.5) is 4.39 Å². The van der Waals surface area contributed by atoms with Crippen molar-refractivity contribution >= 4 is 16.0 Å². The number of piperazine rings is 1. The van der Waals surface area contributed by atoms with E-state index < -0.39 is 16.0 Å². The molecule has 1 unspecified atom stereocenters. The molecule has 1 saturated heterocycles. The standard InChI is InChI=1S/C18H19FN2O4S/c1-20-9-10-21(12-17(20)13-5-7-15(19)8-6-13)26(24,25)16-4-2-3-14(11-16)18(22)23/h2-8,11,17H,9-10,12H2,1H3,(H,22,23). The molecule has 2 aromatic carbocycles. The molecule has 0 spiro atoms. The van der Waals surface area contributed by atoms with Crippen LogP contribution in [0.2, 0.25) is 0 Å². The maximum atomic E-state index is 13.2. The minimum absolute atomic E-state index is 0.0418. The highest BCUT2D eigenvalue weighted by atomic mass is 32.2. The highest BCUT2D eigenvalue weighted by molar-refractivity contribution is 7.89. The predicted molar refractivity (Wildman–Crippen MR) is 93.9 cm³/mol. The van der Waals surface area contributed by atoms with Gasteiger partial charge in [-0.3, -0.25) is 4.90 Å². The van der Waals surface area contributed by atoms with Crippen molar-refractivity contribution in [2.75, 3.05) is 26.7 Å². The minimum Gasteiger partial charge on any atom is -0.478 e. The molecule has 26 heavy (non-hydrogen) atoms. The SMILES string of the molecule is CN1CCN(S(=O)(=O)c2cccc(C(=O)O)c2)CC1c1ccc(F)cc1. The van der Waals surface area contributed by atoms with Crippen molar-refractivity contribution in [2.24, 2.45) is 0 Å². The molecule has 0 radical (unpaired) electrons. The first-order valence-corrected chi connectivity index (χ1v) is 9.52. The molecular weight excluding hydrogens is 359 g/mol. The Morgan fingerprint density at radius 3 is 2.50 bits per heavy atom. The molecule has 0 aromatic heterocycles. The van der Waals surface area contributed by atoms with Crippen LogP contribution < -0.4 is 0 Å². The van der Waals surface area contributed by atoms with Gasteiger partial charge in [-0.25, -0.2) is 17.6 Å². The van der Waals surface area contributed by atoms with E-state index in [0.29, 0.717) is 13.1 Å². The van der Waals surface area contributed by atoms with Gasteiger partial charge in [0.25, 0.3) is 0 Å². The zero-order chi connectivity index (χ0) is 18.9. The zero-order valence-electron chi connectivity index (χ0n) is 14.2. The van der Waals surface area contributed by atoms with Crippen LogP contribution in [-0.4, -0.2) is 55.4 Å². The number of likely N-dealkylation sites (N-methyl/N-ethyl adjacent to an activating group) is 1. The van der Waals surface area contributed by atoms with Gasteiger partial charge in [0.1, 0.15) is 5.82 Å². The first-order chi connectivity index (χ1) is 12.3. The van der Waals surface area contributed by atoms with E-state index in [4.69, 9.17) is 5.11 Å². The number of hydrogen-bond donors (Lipinski definition) is 1. The highest BCUT2D eigenvalue weighted by Crippen LogP contribution is 2.28. The van der Waals surface area contributed by atoms with Gasteiger partial charge in [-0.05, 0) is 42.9 Å². The molecule has 8 heteroatoms. The third kappa shape index (κ3) is 3.62. The summed E-state index contributed by atoms with van der Waals surface area (Å²) >= 11 is 0. The number of carboxylic acid groups (broad SMARTS) is 1. The topological polar surface area (TPSA) is 77.9 Å². The van der Waals surface area contributed by atoms with Crippen LogP contribution in [0.5, 0.6) is 0 Å². The molecule has 1 heterocycles. The Labute approximate surface area is 151 Å². The average molecular weight is 378 g/mol. The fourth-order valence-electron chi connectivity index (χ4n) is 3.05. The summed E-state index contributed by atoms with van der Waals surface area (Å²) in [6, 6.07) is 11.1. The number of benzene rings is 2. The maximum absolute atomic E-state index is 13.2. The van der Waals surface area contributed by atoms with Crippen LogP contribution in [0.3, 0.4) is 0 Å². The first kappa shape index (κ1) is 18.5. The van der Waals surface area contributed by atoms with Crippen LogP contribution >= 0.6 is 0 Å². The van der Waals surface area contributed by atoms with Gasteiger partial charge in [0.2, 0.25) is 10.0 Å². The highest BCUT2D eigenvalue weighted by Gasteiger charge is 2.33. The largest absolute Gasteiger partial charge is 0.478 e. The summed E-state index contributed by atoms with van der Waals surface area (Å²) in [6.45, 7) is 1.02. The van der Waals surface area contributed by atoms with Crippen molar-refractivity contribution in [1.82, 2.24) is 9.21 Å². The zero-order valence-corrected chi connectivity index (χ0v) is 15.0. The molecule has 2 aromatic rings. The second kappa shape index (κ2) is 7.14. The Bertz CT molecular complexity index is 915. The number of carboxylic acids is 1. The number of nitrogens with zero attached hydrogens (tertiary/aromatic N) is 2. The van der Waals surface area contributed by atoms with E-state index in [9.17, 15) is 17.6 Å². The lowest BCUT2D eigenvalue weighted by atomic mass is 10.0. The molecule has 138 valence electrons. The maximum Gasteiger partial charge on any atom is 0.335 e. The fourth-order valence-corrected chi connectivity index (χ4v) is 4.53. The Kier molecular flexibility index (Phi) is 5.08. The predicted octanol–water partition coefficient (Wildman–Crippen LogP) is 2.20. The number of hydrogen-bond acceptors (Lipinski definition) is 4. The number of aromatic carboxylic acids is 1. The summed E-state index contributed by atoms with van der Waals surface area (Å²) in [5.74, 6) is -1.52. The van der Waals surface area contributed by atoms with E-state index in [0.717, 1.165) is 5.56 Å². The molecule has 0 bridgehead atoms. The summed E-state index contributed by atoms with van der Waals surface area (Å²) in [4.78, 5) is 13.1. The third-order valence-electron chi connectivity index (χ3n) is 4.58. The molecule has 1 atom stereocenters. The van der Waals surface area contributed by atoms with Gasteiger partial charge in [0.15, 0.2) is 0 Å². The molecule has 1 N–H and O–H groups in total. The van der Waals surface area contributed by atoms with Crippen molar-refractivity contribution in [3.8, 4) is 0 Å². The van der Waals surface area contributed by atoms with Crippen LogP contribution in [0, 0.1) is 5.82 Å². The summed E-state index contributed by atoms with van der Waals surface area (Å²) in [5, 5.41) is 9.09. The molecule has 0 saturated carbocycles. The number of rotatable bonds is 4. The molecule has 3 rings (SSSR count). The second-order valence-electron chi connectivity index (χ2n) is 6.24. The van der Waals surface area contributed by atoms with E-state index in [1.807, 2.05) is 11.9 Å². The van der Waals surface area contributed by atoms with Gasteiger partial charge >= 0.3 is 5.97 Å². The van der Waals surface area contributed by atoms with Gasteiger partial charge in [0.05, 0.1) is 10.5 Å². The van der Waals surface area contributed by atoms with E-state index in [1.165, 1.54) is 40.7 Å². The van der Waals surface area contributed by atoms with E-state index in [1.54, 1.807) is 12.1 Å². The van der Waals surface area contributed by atoms with Crippen molar-refractivity contribution in [3.05, 3.63) is 65.5 Å². The fraction of sp³-hybridized carbons (Fsp3) is 0.278. The monoisotopic (exact) mass is 378 g/mol. The Balaban J connectivity index is 1.89. The summed E-state index contributed by atoms with van der Waals surface area (Å²) < 4.78 is 40.4. The Morgan fingerprint density at radius 1 is 1.15 bits per heavy atom.